The first-order valence-electron chi connectivity index (χ1n) is 9.52. The van der Waals surface area contributed by atoms with E-state index in [9.17, 15) is 31.9 Å². The summed E-state index contributed by atoms with van der Waals surface area (Å²) in [4.78, 5) is 37.8. The lowest BCUT2D eigenvalue weighted by molar-refractivity contribution is -0.200. The van der Waals surface area contributed by atoms with Crippen LogP contribution in [0.5, 0.6) is 11.5 Å². The van der Waals surface area contributed by atoms with Gasteiger partial charge < -0.3 is 14.8 Å². The van der Waals surface area contributed by atoms with Gasteiger partial charge in [0.15, 0.2) is 11.5 Å². The monoisotopic (exact) mass is 469 g/mol. The number of imide groups is 1. The summed E-state index contributed by atoms with van der Waals surface area (Å²) in [5, 5.41) is 3.12. The minimum atomic E-state index is -5.35. The van der Waals surface area contributed by atoms with Gasteiger partial charge in [-0.3, -0.25) is 19.8 Å². The Kier molecular flexibility index (Phi) is 6.47. The number of ether oxygens (including phenoxy) is 2. The smallest absolute Gasteiger partial charge is 0.440 e. The number of hydrogen-bond donors (Lipinski definition) is 2. The zero-order valence-electron chi connectivity index (χ0n) is 17.5. The van der Waals surface area contributed by atoms with Crippen LogP contribution < -0.4 is 20.1 Å². The number of hydrogen-bond acceptors (Lipinski definition) is 5. The number of alkyl halides is 3. The fourth-order valence-electron chi connectivity index (χ4n) is 3.25. The number of methoxy groups -OCH3 is 2. The van der Waals surface area contributed by atoms with Gasteiger partial charge in [-0.1, -0.05) is 6.07 Å². The molecule has 1 saturated heterocycles. The molecular weight excluding hydrogens is 450 g/mol. The molecule has 1 fully saturated rings. The second-order valence-electron chi connectivity index (χ2n) is 7.04. The largest absolute Gasteiger partial charge is 0.493 e. The van der Waals surface area contributed by atoms with E-state index in [2.05, 4.69) is 0 Å². The summed E-state index contributed by atoms with van der Waals surface area (Å²) >= 11 is 0. The Bertz CT molecular complexity index is 1070. The molecule has 0 spiro atoms. The number of urea groups is 1. The van der Waals surface area contributed by atoms with Crippen LogP contribution in [0.25, 0.3) is 0 Å². The Hall–Kier alpha value is -3.83. The Labute approximate surface area is 185 Å². The van der Waals surface area contributed by atoms with Crippen molar-refractivity contribution in [2.45, 2.75) is 18.3 Å². The number of nitrogens with zero attached hydrogens (tertiary/aromatic N) is 1. The number of rotatable bonds is 7. The molecule has 0 aliphatic carbocycles. The number of nitrogens with one attached hydrogen (secondary N) is 2. The van der Waals surface area contributed by atoms with Gasteiger partial charge in [-0.05, 0) is 48.4 Å². The van der Waals surface area contributed by atoms with Crippen LogP contribution in [0.1, 0.15) is 15.9 Å². The maximum atomic E-state index is 13.9. The van der Waals surface area contributed by atoms with Crippen LogP contribution in [-0.4, -0.2) is 55.3 Å². The van der Waals surface area contributed by atoms with Crippen molar-refractivity contribution in [3.05, 3.63) is 59.4 Å². The van der Waals surface area contributed by atoms with Gasteiger partial charge in [0.2, 0.25) is 0 Å². The maximum absolute atomic E-state index is 13.9. The number of halogens is 4. The molecule has 1 atom stereocenters. The van der Waals surface area contributed by atoms with Crippen molar-refractivity contribution in [1.82, 2.24) is 15.5 Å². The van der Waals surface area contributed by atoms with Gasteiger partial charge >= 0.3 is 12.2 Å². The Morgan fingerprint density at radius 1 is 1.06 bits per heavy atom. The van der Waals surface area contributed by atoms with Gasteiger partial charge in [0.25, 0.3) is 17.5 Å². The van der Waals surface area contributed by atoms with Crippen molar-refractivity contribution < 1.29 is 41.4 Å². The first-order chi connectivity index (χ1) is 15.5. The van der Waals surface area contributed by atoms with Crippen LogP contribution in [0, 0.1) is 5.82 Å². The van der Waals surface area contributed by atoms with E-state index in [4.69, 9.17) is 9.47 Å². The molecular formula is C21H19F4N3O5. The number of amides is 4. The number of carbonyl (C=O) groups excluding carboxylic acids is 3. The first kappa shape index (κ1) is 23.8. The summed E-state index contributed by atoms with van der Waals surface area (Å²) in [5.41, 5.74) is -3.42. The van der Waals surface area contributed by atoms with E-state index < -0.39 is 42.0 Å². The third-order valence-corrected chi connectivity index (χ3v) is 5.01. The molecule has 0 saturated carbocycles. The Balaban J connectivity index is 1.82. The van der Waals surface area contributed by atoms with Crippen molar-refractivity contribution in [2.75, 3.05) is 20.8 Å². The molecule has 8 nitrogen and oxygen atoms in total. The average molecular weight is 469 g/mol. The standard InChI is InChI=1S/C21H19F4N3O5/c1-32-15-8-3-12(11-16(15)33-2)9-10-28-18(30)20(21(23,24)25,27-19(28)31)26-17(29)13-4-6-14(22)7-5-13/h3-8,11H,9-10H2,1-2H3,(H,26,29)(H,27,31)/t20-/m0/s1. The van der Waals surface area contributed by atoms with E-state index >= 15 is 0 Å². The summed E-state index contributed by atoms with van der Waals surface area (Å²) in [6.07, 6.45) is -5.34. The van der Waals surface area contributed by atoms with Gasteiger partial charge in [0.05, 0.1) is 14.2 Å². The summed E-state index contributed by atoms with van der Waals surface area (Å²) < 4.78 is 65.1. The predicted molar refractivity (Wildman–Crippen MR) is 106 cm³/mol. The second kappa shape index (κ2) is 8.96. The summed E-state index contributed by atoms with van der Waals surface area (Å²) in [7, 11) is 2.84. The summed E-state index contributed by atoms with van der Waals surface area (Å²) in [5.74, 6) is -2.92. The molecule has 3 rings (SSSR count). The molecule has 0 aromatic heterocycles. The quantitative estimate of drug-likeness (QED) is 0.480. The number of carbonyl (C=O) groups is 3. The van der Waals surface area contributed by atoms with Gasteiger partial charge in [0.1, 0.15) is 5.82 Å². The molecule has 1 aliphatic heterocycles. The summed E-state index contributed by atoms with van der Waals surface area (Å²) in [6, 6.07) is 7.06. The van der Waals surface area contributed by atoms with Crippen molar-refractivity contribution in [3.8, 4) is 11.5 Å². The summed E-state index contributed by atoms with van der Waals surface area (Å²) in [6.45, 7) is -0.398. The highest BCUT2D eigenvalue weighted by Gasteiger charge is 2.68. The lowest BCUT2D eigenvalue weighted by Crippen LogP contribution is -2.69. The average Bonchev–Trinajstić information content (AvgIpc) is 3.02. The van der Waals surface area contributed by atoms with E-state index in [1.807, 2.05) is 0 Å². The zero-order chi connectivity index (χ0) is 24.4. The van der Waals surface area contributed by atoms with Crippen LogP contribution >= 0.6 is 0 Å². The highest BCUT2D eigenvalue weighted by Crippen LogP contribution is 2.34. The van der Waals surface area contributed by atoms with Crippen LogP contribution in [0.2, 0.25) is 0 Å². The van der Waals surface area contributed by atoms with Crippen molar-refractivity contribution in [3.63, 3.8) is 0 Å². The highest BCUT2D eigenvalue weighted by atomic mass is 19.4. The van der Waals surface area contributed by atoms with Crippen molar-refractivity contribution >= 4 is 17.8 Å². The predicted octanol–water partition coefficient (Wildman–Crippen LogP) is 2.63. The molecule has 2 N–H and O–H groups in total. The molecule has 2 aromatic rings. The molecule has 12 heteroatoms. The van der Waals surface area contributed by atoms with Crippen LogP contribution in [0.4, 0.5) is 22.4 Å². The van der Waals surface area contributed by atoms with Crippen LogP contribution in [-0.2, 0) is 11.2 Å². The minimum Gasteiger partial charge on any atom is -0.493 e. The highest BCUT2D eigenvalue weighted by molar-refractivity contribution is 6.10. The molecule has 2 aromatic carbocycles. The SMILES string of the molecule is COc1ccc(CCN2C(=O)N[C@](NC(=O)c3ccc(F)cc3)(C(F)(F)F)C2=O)cc1OC. The molecule has 0 radical (unpaired) electrons. The van der Waals surface area contributed by atoms with E-state index in [0.29, 0.717) is 22.0 Å². The second-order valence-corrected chi connectivity index (χ2v) is 7.04. The molecule has 176 valence electrons. The first-order valence-corrected chi connectivity index (χ1v) is 9.52. The molecule has 0 unspecified atom stereocenters. The van der Waals surface area contributed by atoms with Gasteiger partial charge in [-0.2, -0.15) is 13.2 Å². The lowest BCUT2D eigenvalue weighted by atomic mass is 10.1. The molecule has 1 heterocycles. The van der Waals surface area contributed by atoms with E-state index in [1.165, 1.54) is 14.2 Å². The normalized spacial score (nSPS) is 18.2. The molecule has 1 aliphatic rings. The lowest BCUT2D eigenvalue weighted by Gasteiger charge is -2.29. The van der Waals surface area contributed by atoms with Gasteiger partial charge in [-0.25, -0.2) is 9.18 Å². The van der Waals surface area contributed by atoms with E-state index in [-0.39, 0.29) is 12.0 Å². The Morgan fingerprint density at radius 3 is 2.27 bits per heavy atom. The van der Waals surface area contributed by atoms with Crippen molar-refractivity contribution in [2.24, 2.45) is 0 Å². The third-order valence-electron chi connectivity index (χ3n) is 5.01. The third kappa shape index (κ3) is 4.54. The van der Waals surface area contributed by atoms with E-state index in [0.717, 1.165) is 24.3 Å². The fraction of sp³-hybridized carbons (Fsp3) is 0.286. The van der Waals surface area contributed by atoms with Crippen molar-refractivity contribution in [1.29, 1.82) is 0 Å². The Morgan fingerprint density at radius 2 is 1.70 bits per heavy atom. The fourth-order valence-corrected chi connectivity index (χ4v) is 3.25. The molecule has 33 heavy (non-hydrogen) atoms. The zero-order valence-corrected chi connectivity index (χ0v) is 17.5. The minimum absolute atomic E-state index is 0.0133. The van der Waals surface area contributed by atoms with Crippen LogP contribution in [0.3, 0.4) is 0 Å². The topological polar surface area (TPSA) is 97.0 Å². The van der Waals surface area contributed by atoms with Gasteiger partial charge in [0, 0.05) is 12.1 Å². The number of benzene rings is 2. The maximum Gasteiger partial charge on any atom is 0.440 e. The molecule has 0 bridgehead atoms. The molecule has 4 amide bonds. The van der Waals surface area contributed by atoms with Crippen LogP contribution in [0.15, 0.2) is 42.5 Å². The van der Waals surface area contributed by atoms with Gasteiger partial charge in [-0.15, -0.1) is 0 Å². The van der Waals surface area contributed by atoms with E-state index in [1.54, 1.807) is 28.8 Å².